The fraction of sp³-hybridized carbons (Fsp3) is 0.500. The van der Waals surface area contributed by atoms with E-state index in [0.29, 0.717) is 17.9 Å². The quantitative estimate of drug-likeness (QED) is 0.858. The number of fused-ring (bicyclic) bond motifs is 1. The number of thioether (sulfide) groups is 1. The minimum absolute atomic E-state index is 0.0128. The van der Waals surface area contributed by atoms with Gasteiger partial charge in [-0.15, -0.1) is 11.8 Å². The predicted octanol–water partition coefficient (Wildman–Crippen LogP) is 1.05. The highest BCUT2D eigenvalue weighted by Gasteiger charge is 2.52. The maximum atomic E-state index is 12.3. The number of carbonyl (C=O) groups is 3. The molecule has 0 saturated carbocycles. The summed E-state index contributed by atoms with van der Waals surface area (Å²) in [5, 5.41) is 11.5. The Hall–Kier alpha value is -1.96. The number of nitrogens with zero attached hydrogens (tertiary/aromatic N) is 1. The maximum Gasteiger partial charge on any atom is 0.371 e. The Kier molecular flexibility index (Phi) is 3.64. The van der Waals surface area contributed by atoms with E-state index < -0.39 is 12.0 Å². The van der Waals surface area contributed by atoms with Crippen molar-refractivity contribution in [3.63, 3.8) is 0 Å². The molecule has 1 aromatic rings. The molecule has 2 fully saturated rings. The standard InChI is InChI=1S/C14H16N2O5S/c1-14-5-4-11(17)16(14)9(7-22-14)12(18)15-6-8-2-3-10(21-8)13(19)20/h2-3,9H,4-7H2,1H3,(H,15,18)(H,19,20)/t9-,14+/m1/s1. The van der Waals surface area contributed by atoms with Crippen molar-refractivity contribution in [2.75, 3.05) is 5.75 Å². The van der Waals surface area contributed by atoms with Gasteiger partial charge >= 0.3 is 5.97 Å². The van der Waals surface area contributed by atoms with Crippen LogP contribution < -0.4 is 5.32 Å². The fourth-order valence-electron chi connectivity index (χ4n) is 2.89. The second-order valence-corrected chi connectivity index (χ2v) is 7.06. The van der Waals surface area contributed by atoms with Gasteiger partial charge in [-0.2, -0.15) is 0 Å². The van der Waals surface area contributed by atoms with Crippen LogP contribution >= 0.6 is 11.8 Å². The minimum atomic E-state index is -1.15. The Bertz CT molecular complexity index is 643. The van der Waals surface area contributed by atoms with Crippen LogP contribution in [0.2, 0.25) is 0 Å². The molecule has 2 N–H and O–H groups in total. The van der Waals surface area contributed by atoms with Crippen LogP contribution in [0.25, 0.3) is 0 Å². The Balaban J connectivity index is 1.62. The first-order valence-electron chi connectivity index (χ1n) is 6.96. The van der Waals surface area contributed by atoms with Crippen molar-refractivity contribution in [3.05, 3.63) is 23.7 Å². The first-order valence-corrected chi connectivity index (χ1v) is 7.95. The van der Waals surface area contributed by atoms with Crippen molar-refractivity contribution in [2.24, 2.45) is 0 Å². The number of hydrogen-bond donors (Lipinski definition) is 2. The molecule has 0 radical (unpaired) electrons. The number of carboxylic acid groups (broad SMARTS) is 1. The summed E-state index contributed by atoms with van der Waals surface area (Å²) in [6.45, 7) is 2.09. The summed E-state index contributed by atoms with van der Waals surface area (Å²) in [4.78, 5) is 36.4. The average Bonchev–Trinajstić information content (AvgIpc) is 3.13. The van der Waals surface area contributed by atoms with Crippen LogP contribution in [0.4, 0.5) is 0 Å². The number of hydrogen-bond acceptors (Lipinski definition) is 5. The highest BCUT2D eigenvalue weighted by Crippen LogP contribution is 2.47. The number of amides is 2. The number of aromatic carboxylic acids is 1. The van der Waals surface area contributed by atoms with Gasteiger partial charge in [-0.05, 0) is 25.5 Å². The lowest BCUT2D eigenvalue weighted by molar-refractivity contribution is -0.138. The van der Waals surface area contributed by atoms with Gasteiger partial charge in [0.05, 0.1) is 11.4 Å². The number of nitrogens with one attached hydrogen (secondary N) is 1. The summed E-state index contributed by atoms with van der Waals surface area (Å²) in [7, 11) is 0. The van der Waals surface area contributed by atoms with Gasteiger partial charge in [0.25, 0.3) is 0 Å². The highest BCUT2D eigenvalue weighted by molar-refractivity contribution is 8.01. The molecule has 118 valence electrons. The van der Waals surface area contributed by atoms with E-state index in [1.165, 1.54) is 12.1 Å². The van der Waals surface area contributed by atoms with E-state index in [9.17, 15) is 14.4 Å². The van der Waals surface area contributed by atoms with Gasteiger partial charge < -0.3 is 19.7 Å². The van der Waals surface area contributed by atoms with Crippen molar-refractivity contribution < 1.29 is 23.9 Å². The summed E-state index contributed by atoms with van der Waals surface area (Å²) in [5.74, 6) is -0.594. The molecule has 0 bridgehead atoms. The molecule has 3 rings (SSSR count). The zero-order chi connectivity index (χ0) is 15.9. The van der Waals surface area contributed by atoms with E-state index in [4.69, 9.17) is 9.52 Å². The van der Waals surface area contributed by atoms with Crippen molar-refractivity contribution in [1.29, 1.82) is 0 Å². The molecule has 3 heterocycles. The van der Waals surface area contributed by atoms with Crippen molar-refractivity contribution in [2.45, 2.75) is 37.2 Å². The van der Waals surface area contributed by atoms with Gasteiger partial charge in [0.2, 0.25) is 17.6 Å². The molecular weight excluding hydrogens is 308 g/mol. The van der Waals surface area contributed by atoms with Crippen LogP contribution in [-0.4, -0.2) is 44.5 Å². The molecule has 2 atom stereocenters. The predicted molar refractivity (Wildman–Crippen MR) is 78.2 cm³/mol. The second-order valence-electron chi connectivity index (χ2n) is 5.55. The van der Waals surface area contributed by atoms with E-state index in [2.05, 4.69) is 5.32 Å². The summed E-state index contributed by atoms with van der Waals surface area (Å²) in [5.41, 5.74) is 0. The fourth-order valence-corrected chi connectivity index (χ4v) is 4.33. The van der Waals surface area contributed by atoms with Gasteiger partial charge in [0.1, 0.15) is 11.8 Å². The molecule has 0 unspecified atom stereocenters. The van der Waals surface area contributed by atoms with E-state index >= 15 is 0 Å². The first-order chi connectivity index (χ1) is 10.4. The molecule has 2 aliphatic rings. The molecular formula is C14H16N2O5S. The smallest absolute Gasteiger partial charge is 0.371 e. The largest absolute Gasteiger partial charge is 0.475 e. The zero-order valence-corrected chi connectivity index (χ0v) is 12.8. The van der Waals surface area contributed by atoms with Crippen molar-refractivity contribution >= 4 is 29.5 Å². The number of furan rings is 1. The summed E-state index contributed by atoms with van der Waals surface area (Å²) >= 11 is 1.63. The topological polar surface area (TPSA) is 99.9 Å². The third-order valence-electron chi connectivity index (χ3n) is 4.06. The van der Waals surface area contributed by atoms with Crippen LogP contribution in [0.3, 0.4) is 0 Å². The molecule has 2 aliphatic heterocycles. The van der Waals surface area contributed by atoms with Gasteiger partial charge in [-0.25, -0.2) is 4.79 Å². The van der Waals surface area contributed by atoms with E-state index in [0.717, 1.165) is 6.42 Å². The summed E-state index contributed by atoms with van der Waals surface area (Å²) in [6, 6.07) is 2.38. The zero-order valence-electron chi connectivity index (χ0n) is 12.0. The maximum absolute atomic E-state index is 12.3. The van der Waals surface area contributed by atoms with Crippen molar-refractivity contribution in [3.8, 4) is 0 Å². The monoisotopic (exact) mass is 324 g/mol. The Morgan fingerprint density at radius 2 is 2.32 bits per heavy atom. The van der Waals surface area contributed by atoms with Crippen LogP contribution in [0.1, 0.15) is 36.1 Å². The number of rotatable bonds is 4. The summed E-state index contributed by atoms with van der Waals surface area (Å²) < 4.78 is 5.09. The van der Waals surface area contributed by atoms with Crippen molar-refractivity contribution in [1.82, 2.24) is 10.2 Å². The minimum Gasteiger partial charge on any atom is -0.475 e. The molecule has 8 heteroatoms. The Morgan fingerprint density at radius 1 is 1.55 bits per heavy atom. The van der Waals surface area contributed by atoms with Gasteiger partial charge in [-0.1, -0.05) is 0 Å². The molecule has 0 aromatic carbocycles. The lowest BCUT2D eigenvalue weighted by atomic mass is 10.2. The second kappa shape index (κ2) is 5.35. The Labute approximate surface area is 131 Å². The SMILES string of the molecule is C[C@]12CCC(=O)N1[C@@H](C(=O)NCc1ccc(C(=O)O)o1)CS2. The van der Waals surface area contributed by atoms with E-state index in [1.807, 2.05) is 6.92 Å². The number of carboxylic acids is 1. The van der Waals surface area contributed by atoms with Crippen LogP contribution in [0.5, 0.6) is 0 Å². The van der Waals surface area contributed by atoms with Gasteiger partial charge in [-0.3, -0.25) is 9.59 Å². The van der Waals surface area contributed by atoms with Crippen LogP contribution in [-0.2, 0) is 16.1 Å². The molecule has 0 aliphatic carbocycles. The molecule has 0 spiro atoms. The average molecular weight is 324 g/mol. The lowest BCUT2D eigenvalue weighted by Crippen LogP contribution is -2.49. The Morgan fingerprint density at radius 3 is 3.00 bits per heavy atom. The third-order valence-corrected chi connectivity index (χ3v) is 5.56. The molecule has 2 amide bonds. The van der Waals surface area contributed by atoms with Gasteiger partial charge in [0, 0.05) is 12.2 Å². The normalized spacial score (nSPS) is 27.0. The third kappa shape index (κ3) is 2.47. The summed E-state index contributed by atoms with van der Waals surface area (Å²) in [6.07, 6.45) is 1.24. The number of carbonyl (C=O) groups excluding carboxylic acids is 2. The molecule has 7 nitrogen and oxygen atoms in total. The highest BCUT2D eigenvalue weighted by atomic mass is 32.2. The molecule has 2 saturated heterocycles. The van der Waals surface area contributed by atoms with Crippen LogP contribution in [0, 0.1) is 0 Å². The van der Waals surface area contributed by atoms with E-state index in [-0.39, 0.29) is 29.0 Å². The van der Waals surface area contributed by atoms with Crippen LogP contribution in [0.15, 0.2) is 16.5 Å². The first kappa shape index (κ1) is 15.0. The lowest BCUT2D eigenvalue weighted by Gasteiger charge is -2.29. The molecule has 1 aromatic heterocycles. The van der Waals surface area contributed by atoms with Gasteiger partial charge in [0.15, 0.2) is 0 Å². The van der Waals surface area contributed by atoms with E-state index in [1.54, 1.807) is 16.7 Å². The molecule has 22 heavy (non-hydrogen) atoms.